The Labute approximate surface area is 195 Å². The van der Waals surface area contributed by atoms with Crippen LogP contribution in [0.15, 0.2) is 0 Å². The van der Waals surface area contributed by atoms with Crippen molar-refractivity contribution in [1.82, 2.24) is 0 Å². The topological polar surface area (TPSA) is 34.1 Å². The number of carbonyl (C=O) groups is 2. The van der Waals surface area contributed by atoms with Crippen LogP contribution in [0.3, 0.4) is 0 Å². The molecule has 0 aromatic rings. The van der Waals surface area contributed by atoms with Crippen LogP contribution >= 0.6 is 0 Å². The monoisotopic (exact) mass is 436 g/mol. The van der Waals surface area contributed by atoms with E-state index in [1.54, 1.807) is 0 Å². The molecule has 0 heterocycles. The first-order valence-electron chi connectivity index (χ1n) is 14.1. The molecule has 0 aliphatic rings. The van der Waals surface area contributed by atoms with Crippen LogP contribution in [0.4, 0.5) is 0 Å². The largest absolute Gasteiger partial charge is 0.300 e. The number of hydrogen-bond acceptors (Lipinski definition) is 2. The van der Waals surface area contributed by atoms with Gasteiger partial charge in [0.2, 0.25) is 0 Å². The Morgan fingerprint density at radius 2 is 0.806 bits per heavy atom. The molecule has 0 N–H and O–H groups in total. The lowest BCUT2D eigenvalue weighted by atomic mass is 9.95. The number of hydrogen-bond donors (Lipinski definition) is 0. The highest BCUT2D eigenvalue weighted by Crippen LogP contribution is 2.18. The molecular formula is C29H56O2. The van der Waals surface area contributed by atoms with Crippen LogP contribution < -0.4 is 0 Å². The first kappa shape index (κ1) is 30.3. The summed E-state index contributed by atoms with van der Waals surface area (Å²) in [4.78, 5) is 24.0. The molecule has 0 amide bonds. The van der Waals surface area contributed by atoms with Crippen molar-refractivity contribution in [3.05, 3.63) is 0 Å². The molecule has 31 heavy (non-hydrogen) atoms. The van der Waals surface area contributed by atoms with Crippen LogP contribution in [0.5, 0.6) is 0 Å². The van der Waals surface area contributed by atoms with Gasteiger partial charge in [-0.05, 0) is 31.6 Å². The Balaban J connectivity index is 3.39. The molecule has 2 heteroatoms. The van der Waals surface area contributed by atoms with E-state index in [9.17, 15) is 9.59 Å². The van der Waals surface area contributed by atoms with Gasteiger partial charge < -0.3 is 0 Å². The first-order valence-corrected chi connectivity index (χ1v) is 14.1. The predicted molar refractivity (Wildman–Crippen MR) is 137 cm³/mol. The predicted octanol–water partition coefficient (Wildman–Crippen LogP) is 9.77. The third-order valence-electron chi connectivity index (χ3n) is 6.69. The molecule has 1 atom stereocenters. The van der Waals surface area contributed by atoms with E-state index in [0.717, 1.165) is 51.4 Å². The minimum Gasteiger partial charge on any atom is -0.300 e. The molecule has 2 nitrogen and oxygen atoms in total. The van der Waals surface area contributed by atoms with Gasteiger partial charge >= 0.3 is 0 Å². The molecule has 0 aromatic carbocycles. The fraction of sp³-hybridized carbons (Fsp3) is 0.931. The first-order chi connectivity index (χ1) is 15.1. The number of Topliss-reactive ketones (excluding diaryl/α,β-unsaturated/α-hetero) is 2. The van der Waals surface area contributed by atoms with Gasteiger partial charge in [-0.3, -0.25) is 9.59 Å². The van der Waals surface area contributed by atoms with Gasteiger partial charge in [-0.15, -0.1) is 0 Å². The maximum absolute atomic E-state index is 12.0. The van der Waals surface area contributed by atoms with Crippen molar-refractivity contribution in [1.29, 1.82) is 0 Å². The van der Waals surface area contributed by atoms with Crippen molar-refractivity contribution < 1.29 is 9.59 Å². The van der Waals surface area contributed by atoms with Gasteiger partial charge in [-0.1, -0.05) is 117 Å². The third-order valence-corrected chi connectivity index (χ3v) is 6.69. The minimum atomic E-state index is 0.480. The van der Waals surface area contributed by atoms with E-state index in [1.165, 1.54) is 96.3 Å². The van der Waals surface area contributed by atoms with Gasteiger partial charge in [0.05, 0.1) is 0 Å². The highest BCUT2D eigenvalue weighted by atomic mass is 16.1. The zero-order valence-corrected chi connectivity index (χ0v) is 21.7. The quantitative estimate of drug-likeness (QED) is 0.133. The molecule has 0 aromatic heterocycles. The second-order valence-electron chi connectivity index (χ2n) is 10.1. The smallest absolute Gasteiger partial charge is 0.132 e. The Morgan fingerprint density at radius 1 is 0.452 bits per heavy atom. The molecule has 0 saturated carbocycles. The average Bonchev–Trinajstić information content (AvgIpc) is 2.76. The molecule has 1 unspecified atom stereocenters. The highest BCUT2D eigenvalue weighted by Gasteiger charge is 2.07. The lowest BCUT2D eigenvalue weighted by Crippen LogP contribution is -2.03. The molecule has 0 aliphatic carbocycles. The van der Waals surface area contributed by atoms with Crippen LogP contribution in [-0.2, 0) is 9.59 Å². The van der Waals surface area contributed by atoms with E-state index in [4.69, 9.17) is 0 Å². The van der Waals surface area contributed by atoms with Gasteiger partial charge in [0.15, 0.2) is 0 Å². The Hall–Kier alpha value is -0.660. The molecule has 0 bridgehead atoms. The van der Waals surface area contributed by atoms with E-state index in [1.807, 2.05) is 0 Å². The summed E-state index contributed by atoms with van der Waals surface area (Å²) in [5, 5.41) is 0. The molecule has 0 saturated heterocycles. The van der Waals surface area contributed by atoms with Gasteiger partial charge in [-0.25, -0.2) is 0 Å². The van der Waals surface area contributed by atoms with Crippen molar-refractivity contribution in [2.24, 2.45) is 5.92 Å². The van der Waals surface area contributed by atoms with Crippen molar-refractivity contribution in [3.63, 3.8) is 0 Å². The van der Waals surface area contributed by atoms with E-state index in [-0.39, 0.29) is 0 Å². The zero-order valence-electron chi connectivity index (χ0n) is 21.7. The lowest BCUT2D eigenvalue weighted by Gasteiger charge is -2.10. The van der Waals surface area contributed by atoms with Crippen molar-refractivity contribution in [3.8, 4) is 0 Å². The van der Waals surface area contributed by atoms with Crippen LogP contribution in [-0.4, -0.2) is 11.6 Å². The summed E-state index contributed by atoms with van der Waals surface area (Å²) in [5.74, 6) is 1.63. The van der Waals surface area contributed by atoms with E-state index < -0.39 is 0 Å². The van der Waals surface area contributed by atoms with Crippen LogP contribution in [0.2, 0.25) is 0 Å². The summed E-state index contributed by atoms with van der Waals surface area (Å²) in [7, 11) is 0. The molecule has 0 spiro atoms. The van der Waals surface area contributed by atoms with Crippen molar-refractivity contribution in [2.75, 3.05) is 0 Å². The fourth-order valence-electron chi connectivity index (χ4n) is 4.35. The second-order valence-corrected chi connectivity index (χ2v) is 10.1. The van der Waals surface area contributed by atoms with E-state index >= 15 is 0 Å². The zero-order chi connectivity index (χ0) is 23.0. The number of ketones is 2. The summed E-state index contributed by atoms with van der Waals surface area (Å²) in [6.07, 6.45) is 26.8. The van der Waals surface area contributed by atoms with Crippen molar-refractivity contribution >= 4 is 11.6 Å². The minimum absolute atomic E-state index is 0.480. The van der Waals surface area contributed by atoms with Gasteiger partial charge in [0, 0.05) is 25.7 Å². The summed E-state index contributed by atoms with van der Waals surface area (Å²) in [5.41, 5.74) is 0. The summed E-state index contributed by atoms with van der Waals surface area (Å²) >= 11 is 0. The SMILES string of the molecule is CCCCCCCCC(=O)CCCCCCCC(C)CCC(=O)CCCCCCCC. The summed E-state index contributed by atoms with van der Waals surface area (Å²) < 4.78 is 0. The summed E-state index contributed by atoms with van der Waals surface area (Å²) in [6, 6.07) is 0. The average molecular weight is 437 g/mol. The maximum Gasteiger partial charge on any atom is 0.132 e. The third kappa shape index (κ3) is 23.8. The number of unbranched alkanes of at least 4 members (excludes halogenated alkanes) is 14. The molecular weight excluding hydrogens is 380 g/mol. The summed E-state index contributed by atoms with van der Waals surface area (Å²) in [6.45, 7) is 6.79. The lowest BCUT2D eigenvalue weighted by molar-refractivity contribution is -0.120. The van der Waals surface area contributed by atoms with E-state index in [2.05, 4.69) is 20.8 Å². The number of carbonyl (C=O) groups excluding carboxylic acids is 2. The van der Waals surface area contributed by atoms with Gasteiger partial charge in [0.1, 0.15) is 11.6 Å². The van der Waals surface area contributed by atoms with Crippen LogP contribution in [0.1, 0.15) is 168 Å². The van der Waals surface area contributed by atoms with E-state index in [0.29, 0.717) is 17.5 Å². The van der Waals surface area contributed by atoms with Crippen LogP contribution in [0, 0.1) is 5.92 Å². The Morgan fingerprint density at radius 3 is 1.26 bits per heavy atom. The maximum atomic E-state index is 12.0. The number of rotatable bonds is 25. The van der Waals surface area contributed by atoms with Gasteiger partial charge in [0.25, 0.3) is 0 Å². The molecule has 0 fully saturated rings. The fourth-order valence-corrected chi connectivity index (χ4v) is 4.35. The van der Waals surface area contributed by atoms with Gasteiger partial charge in [-0.2, -0.15) is 0 Å². The standard InChI is InChI=1S/C29H56O2/c1-4-6-8-10-14-18-22-28(30)23-19-16-12-13-17-21-27(3)25-26-29(31)24-20-15-11-9-7-5-2/h27H,4-26H2,1-3H3. The highest BCUT2D eigenvalue weighted by molar-refractivity contribution is 5.78. The second kappa shape index (κ2) is 24.0. The Kier molecular flexibility index (Phi) is 23.5. The van der Waals surface area contributed by atoms with Crippen LogP contribution in [0.25, 0.3) is 0 Å². The molecule has 0 rings (SSSR count). The molecule has 0 aliphatic heterocycles. The molecule has 184 valence electrons. The Bertz CT molecular complexity index is 402. The molecule has 0 radical (unpaired) electrons. The normalized spacial score (nSPS) is 12.2. The van der Waals surface area contributed by atoms with Crippen molar-refractivity contribution in [2.45, 2.75) is 168 Å².